The lowest BCUT2D eigenvalue weighted by molar-refractivity contribution is -0.132. The van der Waals surface area contributed by atoms with Gasteiger partial charge < -0.3 is 9.64 Å². The van der Waals surface area contributed by atoms with Crippen LogP contribution in [0.25, 0.3) is 11.1 Å². The van der Waals surface area contributed by atoms with E-state index in [0.29, 0.717) is 11.3 Å². The Labute approximate surface area is 248 Å². The van der Waals surface area contributed by atoms with Crippen LogP contribution in [0.1, 0.15) is 98.3 Å². The molecule has 41 heavy (non-hydrogen) atoms. The molecule has 1 fully saturated rings. The summed E-state index contributed by atoms with van der Waals surface area (Å²) in [5, 5.41) is 0.732. The van der Waals surface area contributed by atoms with Gasteiger partial charge in [-0.2, -0.15) is 0 Å². The second-order valence-electron chi connectivity index (χ2n) is 11.2. The van der Waals surface area contributed by atoms with E-state index in [1.807, 2.05) is 36.4 Å². The minimum Gasteiger partial charge on any atom is -0.465 e. The third-order valence-electron chi connectivity index (χ3n) is 8.63. The fourth-order valence-corrected chi connectivity index (χ4v) is 6.79. The molecule has 214 valence electrons. The number of aryl methyl sites for hydroxylation is 1. The van der Waals surface area contributed by atoms with Crippen LogP contribution in [-0.4, -0.2) is 35.3 Å². The maximum atomic E-state index is 14.4. The number of carbonyl (C=O) groups excluding carboxylic acids is 2. The lowest BCUT2D eigenvalue weighted by Crippen LogP contribution is -2.50. The molecule has 0 N–H and O–H groups in total. The molecule has 3 aromatic carbocycles. The van der Waals surface area contributed by atoms with E-state index in [1.165, 1.54) is 12.7 Å². The Hall–Kier alpha value is -3.44. The summed E-state index contributed by atoms with van der Waals surface area (Å²) in [6.07, 6.45) is 8.74. The number of benzene rings is 3. The predicted molar refractivity (Wildman–Crippen MR) is 166 cm³/mol. The van der Waals surface area contributed by atoms with Crippen molar-refractivity contribution >= 4 is 29.2 Å². The number of hydrogen-bond acceptors (Lipinski definition) is 4. The van der Waals surface area contributed by atoms with Gasteiger partial charge in [0.05, 0.1) is 18.7 Å². The van der Waals surface area contributed by atoms with Gasteiger partial charge in [-0.05, 0) is 73.4 Å². The Morgan fingerprint density at radius 1 is 0.976 bits per heavy atom. The molecule has 0 aromatic heterocycles. The van der Waals surface area contributed by atoms with Crippen molar-refractivity contribution in [1.82, 2.24) is 4.90 Å². The van der Waals surface area contributed by atoms with E-state index in [1.54, 1.807) is 12.1 Å². The quantitative estimate of drug-likeness (QED) is 0.242. The highest BCUT2D eigenvalue weighted by Crippen LogP contribution is 2.46. The zero-order chi connectivity index (χ0) is 29.0. The fourth-order valence-electron chi connectivity index (χ4n) is 6.49. The number of amides is 1. The van der Waals surface area contributed by atoms with Crippen molar-refractivity contribution in [1.29, 1.82) is 0 Å². The van der Waals surface area contributed by atoms with Crippen LogP contribution in [0, 0.1) is 0 Å². The highest BCUT2D eigenvalue weighted by Gasteiger charge is 2.50. The van der Waals surface area contributed by atoms with Crippen LogP contribution in [0.3, 0.4) is 0 Å². The second kappa shape index (κ2) is 12.6. The van der Waals surface area contributed by atoms with E-state index in [-0.39, 0.29) is 17.9 Å². The highest BCUT2D eigenvalue weighted by molar-refractivity contribution is 6.46. The smallest absolute Gasteiger partial charge is 0.337 e. The number of carbonyl (C=O) groups is 2. The number of esters is 1. The van der Waals surface area contributed by atoms with Crippen LogP contribution in [0.15, 0.2) is 71.7 Å². The molecule has 5 rings (SSSR count). The first-order chi connectivity index (χ1) is 19.9. The monoisotopic (exact) mass is 570 g/mol. The normalized spacial score (nSPS) is 17.0. The third-order valence-corrected chi connectivity index (χ3v) is 8.95. The summed E-state index contributed by atoms with van der Waals surface area (Å²) in [4.78, 5) is 33.8. The van der Waals surface area contributed by atoms with E-state index in [9.17, 15) is 9.59 Å². The summed E-state index contributed by atoms with van der Waals surface area (Å²) < 4.78 is 4.90. The van der Waals surface area contributed by atoms with Crippen molar-refractivity contribution in [2.24, 2.45) is 4.99 Å². The summed E-state index contributed by atoms with van der Waals surface area (Å²) in [6.45, 7) is 4.30. The highest BCUT2D eigenvalue weighted by atomic mass is 35.5. The molecule has 0 bridgehead atoms. The number of hydrogen-bond donors (Lipinski definition) is 0. The van der Waals surface area contributed by atoms with Crippen molar-refractivity contribution in [3.63, 3.8) is 0 Å². The molecule has 1 spiro atoms. The molecule has 5 nitrogen and oxygen atoms in total. The van der Waals surface area contributed by atoms with Crippen LogP contribution in [0.5, 0.6) is 0 Å². The van der Waals surface area contributed by atoms with Gasteiger partial charge in [0.15, 0.2) is 0 Å². The first-order valence-corrected chi connectivity index (χ1v) is 15.3. The van der Waals surface area contributed by atoms with Gasteiger partial charge in [-0.3, -0.25) is 9.79 Å². The number of ether oxygens (including phenoxy) is 1. The molecule has 6 heteroatoms. The molecular formula is C35H39ClN2O3. The number of rotatable bonds is 9. The van der Waals surface area contributed by atoms with E-state index >= 15 is 0 Å². The average Bonchev–Trinajstić information content (AvgIpc) is 3.28. The standard InChI is InChI=1S/C35H39ClN2O3/c1-4-6-13-30(25-14-20-28(21-15-25)34(40)41-3)38-33(39)32(37-35(38)22-8-7-9-23-35)27-18-16-26(17-19-27)31-24(5-2)11-10-12-29(31)36/h10-12,14-21,30H,4-9,13,22-23H2,1-3H3/t30-/m1/s1. The van der Waals surface area contributed by atoms with Crippen LogP contribution in [0.4, 0.5) is 0 Å². The van der Waals surface area contributed by atoms with Crippen molar-refractivity contribution in [3.8, 4) is 11.1 Å². The number of methoxy groups -OCH3 is 1. The van der Waals surface area contributed by atoms with Crippen LogP contribution in [0.2, 0.25) is 5.02 Å². The van der Waals surface area contributed by atoms with E-state index in [2.05, 4.69) is 36.9 Å². The van der Waals surface area contributed by atoms with Crippen LogP contribution >= 0.6 is 11.6 Å². The minimum atomic E-state index is -0.541. The molecule has 0 unspecified atom stereocenters. The summed E-state index contributed by atoms with van der Waals surface area (Å²) in [6, 6.07) is 21.6. The molecule has 1 saturated carbocycles. The maximum Gasteiger partial charge on any atom is 0.337 e. The van der Waals surface area contributed by atoms with Gasteiger partial charge in [0, 0.05) is 16.1 Å². The summed E-state index contributed by atoms with van der Waals surface area (Å²) in [7, 11) is 1.39. The van der Waals surface area contributed by atoms with Crippen molar-refractivity contribution in [3.05, 3.63) is 94.0 Å². The molecular weight excluding hydrogens is 532 g/mol. The number of nitrogens with zero attached hydrogens (tertiary/aromatic N) is 2. The minimum absolute atomic E-state index is 0.00946. The Bertz CT molecular complexity index is 1420. The topological polar surface area (TPSA) is 59.0 Å². The molecule has 2 aliphatic rings. The van der Waals surface area contributed by atoms with E-state index in [0.717, 1.165) is 85.1 Å². The Morgan fingerprint density at radius 3 is 2.29 bits per heavy atom. The summed E-state index contributed by atoms with van der Waals surface area (Å²) >= 11 is 6.61. The van der Waals surface area contributed by atoms with Gasteiger partial charge in [-0.15, -0.1) is 0 Å². The van der Waals surface area contributed by atoms with Crippen molar-refractivity contribution in [2.45, 2.75) is 83.3 Å². The molecule has 0 radical (unpaired) electrons. The van der Waals surface area contributed by atoms with E-state index in [4.69, 9.17) is 21.3 Å². The fraction of sp³-hybridized carbons (Fsp3) is 0.400. The lowest BCUT2D eigenvalue weighted by atomic mass is 9.86. The van der Waals surface area contributed by atoms with Crippen LogP contribution in [-0.2, 0) is 16.0 Å². The maximum absolute atomic E-state index is 14.4. The summed E-state index contributed by atoms with van der Waals surface area (Å²) in [5.41, 5.74) is 5.66. The average molecular weight is 571 g/mol. The first-order valence-electron chi connectivity index (χ1n) is 14.9. The Morgan fingerprint density at radius 2 is 1.66 bits per heavy atom. The van der Waals surface area contributed by atoms with Crippen molar-refractivity contribution in [2.75, 3.05) is 7.11 Å². The third kappa shape index (κ3) is 5.70. The zero-order valence-corrected chi connectivity index (χ0v) is 25.0. The van der Waals surface area contributed by atoms with Gasteiger partial charge in [-0.1, -0.05) is 93.2 Å². The van der Waals surface area contributed by atoms with E-state index < -0.39 is 5.66 Å². The lowest BCUT2D eigenvalue weighted by Gasteiger charge is -2.44. The largest absolute Gasteiger partial charge is 0.465 e. The van der Waals surface area contributed by atoms with Crippen LogP contribution < -0.4 is 0 Å². The molecule has 1 atom stereocenters. The SMILES string of the molecule is CCCC[C@H](c1ccc(C(=O)OC)cc1)N1C(=O)C(c2ccc(-c3c(Cl)cccc3CC)cc2)=NC12CCCCC2. The van der Waals surface area contributed by atoms with Crippen molar-refractivity contribution < 1.29 is 14.3 Å². The molecule has 0 saturated heterocycles. The molecule has 1 amide bonds. The Balaban J connectivity index is 1.52. The number of halogens is 1. The van der Waals surface area contributed by atoms with Gasteiger partial charge in [-0.25, -0.2) is 4.79 Å². The first kappa shape index (κ1) is 29.1. The second-order valence-corrected chi connectivity index (χ2v) is 11.6. The number of unbranched alkanes of at least 4 members (excludes halogenated alkanes) is 1. The molecule has 1 aliphatic carbocycles. The van der Waals surface area contributed by atoms with Gasteiger partial charge >= 0.3 is 5.97 Å². The zero-order valence-electron chi connectivity index (χ0n) is 24.3. The number of aliphatic imine (C=N–C) groups is 1. The summed E-state index contributed by atoms with van der Waals surface area (Å²) in [5.74, 6) is -0.371. The predicted octanol–water partition coefficient (Wildman–Crippen LogP) is 8.58. The van der Waals surface area contributed by atoms with Gasteiger partial charge in [0.25, 0.3) is 5.91 Å². The molecule has 1 aliphatic heterocycles. The Kier molecular flexibility index (Phi) is 8.94. The molecule has 1 heterocycles. The van der Waals surface area contributed by atoms with Gasteiger partial charge in [0.1, 0.15) is 11.4 Å². The van der Waals surface area contributed by atoms with Gasteiger partial charge in [0.2, 0.25) is 0 Å². The molecule has 3 aromatic rings.